The van der Waals surface area contributed by atoms with Crippen molar-refractivity contribution in [1.29, 1.82) is 5.26 Å². The summed E-state index contributed by atoms with van der Waals surface area (Å²) in [7, 11) is 0. The van der Waals surface area contributed by atoms with Gasteiger partial charge in [0.15, 0.2) is 0 Å². The fourth-order valence-corrected chi connectivity index (χ4v) is 5.00. The van der Waals surface area contributed by atoms with Gasteiger partial charge in [0.05, 0.1) is 11.3 Å². The molecule has 1 aliphatic heterocycles. The predicted octanol–water partition coefficient (Wildman–Crippen LogP) is 3.99. The Kier molecular flexibility index (Phi) is 8.15. The molecule has 0 aliphatic carbocycles. The second-order valence-electron chi connectivity index (χ2n) is 7.35. The zero-order valence-electron chi connectivity index (χ0n) is 18.4. The lowest BCUT2D eigenvalue weighted by atomic mass is 10.0. The zero-order chi connectivity index (χ0) is 25.0. The van der Waals surface area contributed by atoms with Gasteiger partial charge in [0, 0.05) is 30.2 Å². The second kappa shape index (κ2) is 10.9. The van der Waals surface area contributed by atoms with Gasteiger partial charge in [-0.2, -0.15) is 5.26 Å². The topological polar surface area (TPSA) is 115 Å². The number of rotatable bonds is 8. The van der Waals surface area contributed by atoms with Gasteiger partial charge in [0.2, 0.25) is 0 Å². The van der Waals surface area contributed by atoms with Gasteiger partial charge in [-0.1, -0.05) is 53.8 Å². The molecule has 1 amide bonds. The minimum atomic E-state index is -1.03. The SMILES string of the molecule is CCn1c(NCc2ccccc2Cl)c(/C=C2/SC(=S)N(CCC(=O)O)C2=O)c(C)c(C#N)c1=O. The number of pyridine rings is 1. The first-order valence-electron chi connectivity index (χ1n) is 10.3. The van der Waals surface area contributed by atoms with Crippen LogP contribution in [0.3, 0.4) is 0 Å². The van der Waals surface area contributed by atoms with E-state index in [9.17, 15) is 19.6 Å². The molecule has 0 bridgehead atoms. The Bertz CT molecular complexity index is 1310. The number of thioether (sulfide) groups is 1. The third kappa shape index (κ3) is 5.17. The Morgan fingerprint density at radius 1 is 1.35 bits per heavy atom. The highest BCUT2D eigenvalue weighted by molar-refractivity contribution is 8.26. The number of carbonyl (C=O) groups is 2. The first kappa shape index (κ1) is 25.5. The number of hydrogen-bond donors (Lipinski definition) is 2. The number of carbonyl (C=O) groups excluding carboxylic acids is 1. The molecule has 2 N–H and O–H groups in total. The highest BCUT2D eigenvalue weighted by Gasteiger charge is 2.33. The van der Waals surface area contributed by atoms with Crippen molar-refractivity contribution in [3.63, 3.8) is 0 Å². The predicted molar refractivity (Wildman–Crippen MR) is 137 cm³/mol. The number of carboxylic acids is 1. The highest BCUT2D eigenvalue weighted by atomic mass is 35.5. The maximum atomic E-state index is 13.0. The Labute approximate surface area is 210 Å². The summed E-state index contributed by atoms with van der Waals surface area (Å²) in [5.74, 6) is -1.01. The Morgan fingerprint density at radius 3 is 2.68 bits per heavy atom. The van der Waals surface area contributed by atoms with Crippen LogP contribution in [0.25, 0.3) is 6.08 Å². The van der Waals surface area contributed by atoms with Crippen molar-refractivity contribution in [3.05, 3.63) is 66.8 Å². The van der Waals surface area contributed by atoms with Crippen LogP contribution in [0.5, 0.6) is 0 Å². The van der Waals surface area contributed by atoms with E-state index in [0.717, 1.165) is 17.3 Å². The van der Waals surface area contributed by atoms with Crippen LogP contribution >= 0.6 is 35.6 Å². The number of hydrogen-bond acceptors (Lipinski definition) is 7. The Hall–Kier alpha value is -3.13. The first-order chi connectivity index (χ1) is 16.2. The largest absolute Gasteiger partial charge is 0.481 e. The van der Waals surface area contributed by atoms with Crippen LogP contribution in [-0.4, -0.2) is 37.3 Å². The van der Waals surface area contributed by atoms with Gasteiger partial charge in [-0.05, 0) is 37.1 Å². The molecule has 2 aromatic rings. The van der Waals surface area contributed by atoms with E-state index in [0.29, 0.717) is 35.1 Å². The monoisotopic (exact) mass is 516 g/mol. The van der Waals surface area contributed by atoms with Gasteiger partial charge < -0.3 is 10.4 Å². The van der Waals surface area contributed by atoms with Gasteiger partial charge >= 0.3 is 5.97 Å². The van der Waals surface area contributed by atoms with E-state index in [-0.39, 0.29) is 27.8 Å². The van der Waals surface area contributed by atoms with E-state index < -0.39 is 17.4 Å². The summed E-state index contributed by atoms with van der Waals surface area (Å²) in [6.07, 6.45) is 1.36. The summed E-state index contributed by atoms with van der Waals surface area (Å²) in [5, 5.41) is 22.4. The number of nitrogens with zero attached hydrogens (tertiary/aromatic N) is 3. The fourth-order valence-electron chi connectivity index (χ4n) is 3.51. The summed E-state index contributed by atoms with van der Waals surface area (Å²) in [4.78, 5) is 38.4. The van der Waals surface area contributed by atoms with E-state index in [1.807, 2.05) is 24.3 Å². The molecule has 1 aromatic heterocycles. The van der Waals surface area contributed by atoms with E-state index in [2.05, 4.69) is 5.32 Å². The minimum absolute atomic E-state index is 0.0160. The van der Waals surface area contributed by atoms with Crippen LogP contribution in [0.15, 0.2) is 34.0 Å². The molecule has 0 radical (unpaired) electrons. The third-order valence-corrected chi connectivity index (χ3v) is 7.04. The quantitative estimate of drug-likeness (QED) is 0.399. The first-order valence-corrected chi connectivity index (χ1v) is 11.9. The number of thiocarbonyl (C=S) groups is 1. The maximum absolute atomic E-state index is 13.0. The smallest absolute Gasteiger partial charge is 0.305 e. The van der Waals surface area contributed by atoms with Gasteiger partial charge in [-0.25, -0.2) is 0 Å². The lowest BCUT2D eigenvalue weighted by molar-refractivity contribution is -0.137. The lowest BCUT2D eigenvalue weighted by Gasteiger charge is -2.19. The molecule has 8 nitrogen and oxygen atoms in total. The molecule has 11 heteroatoms. The van der Waals surface area contributed by atoms with Crippen LogP contribution in [0.2, 0.25) is 5.02 Å². The molecule has 34 heavy (non-hydrogen) atoms. The molecule has 1 aliphatic rings. The van der Waals surface area contributed by atoms with Crippen molar-refractivity contribution in [2.24, 2.45) is 0 Å². The third-order valence-electron chi connectivity index (χ3n) is 5.29. The van der Waals surface area contributed by atoms with E-state index in [1.165, 1.54) is 9.47 Å². The van der Waals surface area contributed by atoms with Crippen molar-refractivity contribution >= 4 is 63.7 Å². The van der Waals surface area contributed by atoms with Crippen LogP contribution in [-0.2, 0) is 22.7 Å². The summed E-state index contributed by atoms with van der Waals surface area (Å²) >= 11 is 12.6. The Morgan fingerprint density at radius 2 is 2.06 bits per heavy atom. The molecule has 3 rings (SSSR count). The molecule has 1 aromatic carbocycles. The van der Waals surface area contributed by atoms with Gasteiger partial charge in [0.1, 0.15) is 21.8 Å². The summed E-state index contributed by atoms with van der Waals surface area (Å²) in [6.45, 7) is 4.00. The number of anilines is 1. The average Bonchev–Trinajstić information content (AvgIpc) is 3.06. The number of benzene rings is 1. The molecule has 176 valence electrons. The van der Waals surface area contributed by atoms with Crippen LogP contribution in [0, 0.1) is 18.3 Å². The number of carboxylic acid groups (broad SMARTS) is 1. The van der Waals surface area contributed by atoms with Crippen LogP contribution < -0.4 is 10.9 Å². The van der Waals surface area contributed by atoms with Crippen molar-refractivity contribution in [1.82, 2.24) is 9.47 Å². The molecule has 0 spiro atoms. The lowest BCUT2D eigenvalue weighted by Crippen LogP contribution is -2.30. The molecule has 1 saturated heterocycles. The number of halogens is 1. The van der Waals surface area contributed by atoms with Gasteiger partial charge in [-0.15, -0.1) is 0 Å². The number of nitriles is 1. The Balaban J connectivity index is 2.10. The van der Waals surface area contributed by atoms with Crippen molar-refractivity contribution in [3.8, 4) is 6.07 Å². The average molecular weight is 517 g/mol. The van der Waals surface area contributed by atoms with Crippen molar-refractivity contribution < 1.29 is 14.7 Å². The molecule has 0 unspecified atom stereocenters. The van der Waals surface area contributed by atoms with Gasteiger partial charge in [0.25, 0.3) is 11.5 Å². The number of aromatic nitrogens is 1. The molecule has 2 heterocycles. The minimum Gasteiger partial charge on any atom is -0.481 e. The summed E-state index contributed by atoms with van der Waals surface area (Å²) < 4.78 is 1.70. The van der Waals surface area contributed by atoms with Gasteiger partial charge in [-0.3, -0.25) is 23.9 Å². The summed E-state index contributed by atoms with van der Waals surface area (Å²) in [5.41, 5.74) is 1.29. The highest BCUT2D eigenvalue weighted by Crippen LogP contribution is 2.35. The van der Waals surface area contributed by atoms with Crippen LogP contribution in [0.1, 0.15) is 35.6 Å². The molecular weight excluding hydrogens is 496 g/mol. The molecule has 1 fully saturated rings. The normalized spacial score (nSPS) is 14.5. The van der Waals surface area contributed by atoms with Crippen molar-refractivity contribution in [2.75, 3.05) is 11.9 Å². The van der Waals surface area contributed by atoms with E-state index >= 15 is 0 Å². The van der Waals surface area contributed by atoms with E-state index in [4.69, 9.17) is 28.9 Å². The number of aliphatic carboxylic acids is 1. The van der Waals surface area contributed by atoms with Crippen molar-refractivity contribution in [2.45, 2.75) is 33.4 Å². The number of nitrogens with one attached hydrogen (secondary N) is 1. The zero-order valence-corrected chi connectivity index (χ0v) is 20.8. The maximum Gasteiger partial charge on any atom is 0.305 e. The molecular formula is C23H21ClN4O4S2. The molecule has 0 saturated carbocycles. The molecule has 0 atom stereocenters. The fraction of sp³-hybridized carbons (Fsp3) is 0.261. The van der Waals surface area contributed by atoms with E-state index in [1.54, 1.807) is 26.0 Å². The standard InChI is InChI=1S/C23H21ClN4O4S2/c1-3-27-20(26-12-14-6-4-5-7-17(14)24)15(13(2)16(11-25)21(27)31)10-18-22(32)28(23(33)34-18)9-8-19(29)30/h4-7,10,26H,3,8-9,12H2,1-2H3,(H,29,30)/b18-10+. The second-order valence-corrected chi connectivity index (χ2v) is 9.43. The van der Waals surface area contributed by atoms with Crippen LogP contribution in [0.4, 0.5) is 5.82 Å². The number of amides is 1. The summed E-state index contributed by atoms with van der Waals surface area (Å²) in [6, 6.07) is 9.26.